The molecule has 20 heavy (non-hydrogen) atoms. The lowest BCUT2D eigenvalue weighted by atomic mass is 9.79. The molecule has 0 spiro atoms. The van der Waals surface area contributed by atoms with Gasteiger partial charge in [-0.3, -0.25) is 0 Å². The lowest BCUT2D eigenvalue weighted by molar-refractivity contribution is 0.209. The van der Waals surface area contributed by atoms with Gasteiger partial charge in [-0.05, 0) is 37.0 Å². The van der Waals surface area contributed by atoms with Gasteiger partial charge in [0.1, 0.15) is 5.75 Å². The second-order valence-corrected chi connectivity index (χ2v) is 5.29. The Balaban J connectivity index is 2.09. The molecule has 0 amide bonds. The summed E-state index contributed by atoms with van der Waals surface area (Å²) in [4.78, 5) is 0. The molecule has 0 bridgehead atoms. The first kappa shape index (κ1) is 15.1. The van der Waals surface area contributed by atoms with Crippen molar-refractivity contribution in [3.63, 3.8) is 0 Å². The van der Waals surface area contributed by atoms with E-state index >= 15 is 0 Å². The summed E-state index contributed by atoms with van der Waals surface area (Å²) in [5.41, 5.74) is -0.708. The van der Waals surface area contributed by atoms with E-state index in [0.717, 1.165) is 31.7 Å². The molecule has 0 N–H and O–H groups in total. The number of halogens is 3. The summed E-state index contributed by atoms with van der Waals surface area (Å²) in [6.45, 7) is -4.73. The Hall–Kier alpha value is -1.33. The zero-order valence-electron chi connectivity index (χ0n) is 11.6. The zero-order chi connectivity index (χ0) is 14.6. The molecule has 0 unspecified atom stereocenters. The normalized spacial score (nSPS) is 17.0. The first-order valence-electron chi connectivity index (χ1n) is 7.01. The minimum Gasteiger partial charge on any atom is -0.497 e. The molecule has 2 nitrogen and oxygen atoms in total. The molecule has 1 aromatic carbocycles. The summed E-state index contributed by atoms with van der Waals surface area (Å²) in [6.07, 6.45) is 5.60. The van der Waals surface area contributed by atoms with Crippen molar-refractivity contribution in [2.75, 3.05) is 13.7 Å². The van der Waals surface area contributed by atoms with Crippen LogP contribution in [0.1, 0.15) is 32.1 Å². The Labute approximate surface area is 117 Å². The van der Waals surface area contributed by atoms with Gasteiger partial charge >= 0.3 is 6.98 Å². The van der Waals surface area contributed by atoms with Crippen LogP contribution < -0.4 is 14.9 Å². The Morgan fingerprint density at radius 3 is 2.45 bits per heavy atom. The maximum absolute atomic E-state index is 13.1. The number of hydrogen-bond donors (Lipinski definition) is 0. The van der Waals surface area contributed by atoms with Crippen molar-refractivity contribution in [1.29, 1.82) is 0 Å². The number of ether oxygens (including phenoxy) is 2. The molecule has 1 aromatic rings. The van der Waals surface area contributed by atoms with Crippen LogP contribution in [0.4, 0.5) is 12.9 Å². The molecule has 0 heterocycles. The highest BCUT2D eigenvalue weighted by molar-refractivity contribution is 6.74. The molecule has 0 aliphatic heterocycles. The number of methoxy groups -OCH3 is 1. The van der Waals surface area contributed by atoms with E-state index in [-0.39, 0.29) is 11.5 Å². The van der Waals surface area contributed by atoms with Gasteiger partial charge in [-0.1, -0.05) is 24.7 Å². The lowest BCUT2D eigenvalue weighted by Gasteiger charge is -2.25. The molecule has 0 atom stereocenters. The fraction of sp³-hybridized carbons (Fsp3) is 0.571. The number of rotatable bonds is 5. The quantitative estimate of drug-likeness (QED) is 0.769. The van der Waals surface area contributed by atoms with Gasteiger partial charge in [0.2, 0.25) is 0 Å². The van der Waals surface area contributed by atoms with E-state index in [1.54, 1.807) is 0 Å². The van der Waals surface area contributed by atoms with E-state index in [9.17, 15) is 12.9 Å². The first-order valence-corrected chi connectivity index (χ1v) is 7.01. The van der Waals surface area contributed by atoms with Crippen molar-refractivity contribution in [1.82, 2.24) is 0 Å². The van der Waals surface area contributed by atoms with Crippen molar-refractivity contribution in [2.24, 2.45) is 5.92 Å². The summed E-state index contributed by atoms with van der Waals surface area (Å²) >= 11 is 0. The van der Waals surface area contributed by atoms with Crippen LogP contribution in [0, 0.1) is 5.92 Å². The van der Waals surface area contributed by atoms with Crippen molar-refractivity contribution in [2.45, 2.75) is 32.1 Å². The van der Waals surface area contributed by atoms with Crippen LogP contribution in [0.3, 0.4) is 0 Å². The lowest BCUT2D eigenvalue weighted by Crippen LogP contribution is -2.36. The maximum atomic E-state index is 13.1. The monoisotopic (exact) mass is 287 g/mol. The van der Waals surface area contributed by atoms with E-state index in [4.69, 9.17) is 9.47 Å². The van der Waals surface area contributed by atoms with Gasteiger partial charge in [-0.25, -0.2) is 0 Å². The molecule has 0 radical (unpaired) electrons. The highest BCUT2D eigenvalue weighted by atomic mass is 19.4. The van der Waals surface area contributed by atoms with E-state index in [0.29, 0.717) is 12.5 Å². The first-order chi connectivity index (χ1) is 9.50. The SMILES string of the molecule is COc1ccc(OCC2CCCCC2)c([B-](F)(F)F)c1. The molecule has 6 heteroatoms. The van der Waals surface area contributed by atoms with Gasteiger partial charge in [0.05, 0.1) is 19.5 Å². The average molecular weight is 287 g/mol. The van der Waals surface area contributed by atoms with Gasteiger partial charge < -0.3 is 22.4 Å². The molecule has 1 aliphatic rings. The van der Waals surface area contributed by atoms with E-state index in [2.05, 4.69) is 0 Å². The molecule has 1 aliphatic carbocycles. The second-order valence-electron chi connectivity index (χ2n) is 5.29. The standard InChI is InChI=1S/C14H19BF3O2/c1-19-12-7-8-14(13(9-12)15(16,17)18)20-10-11-5-3-2-4-6-11/h7-9,11H,2-6,10H2,1H3/q-1. The zero-order valence-corrected chi connectivity index (χ0v) is 11.6. The van der Waals surface area contributed by atoms with Crippen LogP contribution in [-0.2, 0) is 0 Å². The third-order valence-corrected chi connectivity index (χ3v) is 3.77. The van der Waals surface area contributed by atoms with Crippen LogP contribution in [0.2, 0.25) is 0 Å². The second kappa shape index (κ2) is 6.42. The van der Waals surface area contributed by atoms with Crippen molar-refractivity contribution in [3.8, 4) is 11.5 Å². The van der Waals surface area contributed by atoms with E-state index in [1.807, 2.05) is 0 Å². The molecule has 112 valence electrons. The molecule has 2 rings (SSSR count). The molecule has 1 fully saturated rings. The Morgan fingerprint density at radius 1 is 1.15 bits per heavy atom. The van der Waals surface area contributed by atoms with Crippen LogP contribution in [0.5, 0.6) is 11.5 Å². The smallest absolute Gasteiger partial charge is 0.497 e. The van der Waals surface area contributed by atoms with Crippen LogP contribution in [0.15, 0.2) is 18.2 Å². The van der Waals surface area contributed by atoms with E-state index < -0.39 is 12.4 Å². The minimum absolute atomic E-state index is 0.0797. The predicted molar refractivity (Wildman–Crippen MR) is 73.8 cm³/mol. The third-order valence-electron chi connectivity index (χ3n) is 3.77. The molecule has 0 aromatic heterocycles. The van der Waals surface area contributed by atoms with Gasteiger partial charge in [0.15, 0.2) is 0 Å². The molecule has 0 saturated heterocycles. The average Bonchev–Trinajstić information content (AvgIpc) is 2.45. The van der Waals surface area contributed by atoms with Crippen LogP contribution in [-0.4, -0.2) is 20.7 Å². The summed E-state index contributed by atoms with van der Waals surface area (Å²) in [5, 5.41) is 0. The predicted octanol–water partition coefficient (Wildman–Crippen LogP) is 3.71. The largest absolute Gasteiger partial charge is 0.513 e. The van der Waals surface area contributed by atoms with Crippen LogP contribution in [0.25, 0.3) is 0 Å². The number of benzene rings is 1. The summed E-state index contributed by atoms with van der Waals surface area (Å²) in [6, 6.07) is 3.87. The maximum Gasteiger partial charge on any atom is 0.513 e. The van der Waals surface area contributed by atoms with Gasteiger partial charge in [-0.2, -0.15) is 0 Å². The van der Waals surface area contributed by atoms with Gasteiger partial charge in [0.25, 0.3) is 0 Å². The fourth-order valence-electron chi connectivity index (χ4n) is 2.60. The Kier molecular flexibility index (Phi) is 4.84. The van der Waals surface area contributed by atoms with Crippen molar-refractivity contribution in [3.05, 3.63) is 18.2 Å². The minimum atomic E-state index is -5.10. The highest BCUT2D eigenvalue weighted by Crippen LogP contribution is 2.26. The molecular formula is C14H19BF3O2-. The number of hydrogen-bond acceptors (Lipinski definition) is 2. The molecule has 1 saturated carbocycles. The van der Waals surface area contributed by atoms with Crippen molar-refractivity contribution < 1.29 is 22.4 Å². The summed E-state index contributed by atoms with van der Waals surface area (Å²) < 4.78 is 49.5. The summed E-state index contributed by atoms with van der Waals surface area (Å²) in [7, 11) is 1.35. The Morgan fingerprint density at radius 2 is 1.85 bits per heavy atom. The molecular weight excluding hydrogens is 268 g/mol. The van der Waals surface area contributed by atoms with Gasteiger partial charge in [0, 0.05) is 0 Å². The van der Waals surface area contributed by atoms with Crippen LogP contribution >= 0.6 is 0 Å². The van der Waals surface area contributed by atoms with E-state index in [1.165, 1.54) is 25.7 Å². The summed E-state index contributed by atoms with van der Waals surface area (Å²) in [5.74, 6) is 0.493. The Bertz CT molecular complexity index is 443. The van der Waals surface area contributed by atoms with Gasteiger partial charge in [-0.15, -0.1) is 0 Å². The highest BCUT2D eigenvalue weighted by Gasteiger charge is 2.30. The fourth-order valence-corrected chi connectivity index (χ4v) is 2.60. The van der Waals surface area contributed by atoms with Crippen molar-refractivity contribution >= 4 is 12.4 Å². The third kappa shape index (κ3) is 3.84. The topological polar surface area (TPSA) is 18.5 Å².